The third-order valence-electron chi connectivity index (χ3n) is 3.77. The number of nitrogens with zero attached hydrogens (tertiary/aromatic N) is 1. The van der Waals surface area contributed by atoms with Crippen LogP contribution in [0.25, 0.3) is 0 Å². The average molecular weight is 337 g/mol. The van der Waals surface area contributed by atoms with Crippen molar-refractivity contribution in [1.29, 1.82) is 5.26 Å². The molecule has 0 fully saturated rings. The van der Waals surface area contributed by atoms with Crippen molar-refractivity contribution in [2.24, 2.45) is 0 Å². The van der Waals surface area contributed by atoms with Crippen LogP contribution in [0.15, 0.2) is 58.0 Å². The highest BCUT2D eigenvalue weighted by molar-refractivity contribution is 8.03. The largest absolute Gasteiger partial charge is 0.348 e. The molecule has 1 heterocycles. The molecule has 0 radical (unpaired) electrons. The first-order chi connectivity index (χ1) is 11.1. The predicted molar refractivity (Wildman–Crippen MR) is 101 cm³/mol. The number of rotatable bonds is 2. The Morgan fingerprint density at radius 2 is 1.96 bits per heavy atom. The summed E-state index contributed by atoms with van der Waals surface area (Å²) in [5.41, 5.74) is 4.72. The normalized spacial score (nSPS) is 14.5. The summed E-state index contributed by atoms with van der Waals surface area (Å²) in [5, 5.41) is 16.8. The van der Waals surface area contributed by atoms with Crippen LogP contribution in [-0.2, 0) is 0 Å². The minimum atomic E-state index is 0.434. The van der Waals surface area contributed by atoms with Gasteiger partial charge in [0.1, 0.15) is 16.6 Å². The Balaban J connectivity index is 1.88. The first kappa shape index (κ1) is 15.6. The van der Waals surface area contributed by atoms with Crippen LogP contribution < -0.4 is 10.6 Å². The van der Waals surface area contributed by atoms with Crippen molar-refractivity contribution in [3.05, 3.63) is 64.2 Å². The molecule has 5 heteroatoms. The second kappa shape index (κ2) is 6.45. The third-order valence-corrected chi connectivity index (χ3v) is 5.16. The number of aryl methyl sites for hydroxylation is 1. The highest BCUT2D eigenvalue weighted by atomic mass is 32.2. The van der Waals surface area contributed by atoms with Crippen LogP contribution in [0.4, 0.5) is 11.4 Å². The molecule has 2 aromatic carbocycles. The van der Waals surface area contributed by atoms with Crippen molar-refractivity contribution in [1.82, 2.24) is 0 Å². The molecule has 0 aromatic heterocycles. The van der Waals surface area contributed by atoms with Crippen LogP contribution in [0.5, 0.6) is 0 Å². The fraction of sp³-hybridized carbons (Fsp3) is 0.111. The maximum Gasteiger partial charge on any atom is 0.124 e. The highest BCUT2D eigenvalue weighted by Crippen LogP contribution is 2.42. The molecule has 3 rings (SSSR count). The number of benzene rings is 2. The molecule has 1 aliphatic rings. The molecule has 0 saturated heterocycles. The van der Waals surface area contributed by atoms with E-state index in [1.54, 1.807) is 0 Å². The third kappa shape index (κ3) is 3.09. The second-order valence-electron chi connectivity index (χ2n) is 5.24. The molecular weight excluding hydrogens is 322 g/mol. The minimum Gasteiger partial charge on any atom is -0.348 e. The van der Waals surface area contributed by atoms with Gasteiger partial charge in [-0.3, -0.25) is 0 Å². The molecule has 3 nitrogen and oxygen atoms in total. The standard InChI is InChI=1S/C18H15N3S2/c1-11-6-5-8-14(12(11)2)20-17(22)13(10-19)18-21-15-7-3-4-9-16(15)23-18/h3-9,21H,1-2H3,(H,20,22)/b18-13-. The van der Waals surface area contributed by atoms with Crippen LogP contribution in [0.1, 0.15) is 11.1 Å². The number of nitrogens with one attached hydrogen (secondary N) is 2. The summed E-state index contributed by atoms with van der Waals surface area (Å²) in [6, 6.07) is 16.2. The number of thioether (sulfide) groups is 1. The number of anilines is 2. The van der Waals surface area contributed by atoms with Crippen LogP contribution in [0.3, 0.4) is 0 Å². The molecule has 114 valence electrons. The van der Waals surface area contributed by atoms with Gasteiger partial charge in [-0.15, -0.1) is 0 Å². The number of fused-ring (bicyclic) bond motifs is 1. The summed E-state index contributed by atoms with van der Waals surface area (Å²) < 4.78 is 0. The van der Waals surface area contributed by atoms with E-state index in [0.29, 0.717) is 10.6 Å². The fourth-order valence-electron chi connectivity index (χ4n) is 2.31. The van der Waals surface area contributed by atoms with Crippen molar-refractivity contribution in [3.8, 4) is 6.07 Å². The molecule has 0 spiro atoms. The minimum absolute atomic E-state index is 0.434. The van der Waals surface area contributed by atoms with Crippen molar-refractivity contribution < 1.29 is 0 Å². The fourth-order valence-corrected chi connectivity index (χ4v) is 3.63. The first-order valence-corrected chi connectivity index (χ1v) is 8.38. The van der Waals surface area contributed by atoms with E-state index in [9.17, 15) is 5.26 Å². The van der Waals surface area contributed by atoms with Gasteiger partial charge in [0.25, 0.3) is 0 Å². The lowest BCUT2D eigenvalue weighted by Gasteiger charge is -2.12. The van der Waals surface area contributed by atoms with Gasteiger partial charge in [-0.25, -0.2) is 0 Å². The summed E-state index contributed by atoms with van der Waals surface area (Å²) in [5.74, 6) is 0. The van der Waals surface area contributed by atoms with E-state index in [1.165, 1.54) is 17.3 Å². The molecule has 0 unspecified atom stereocenters. The molecule has 1 aliphatic heterocycles. The molecule has 0 amide bonds. The zero-order chi connectivity index (χ0) is 16.4. The summed E-state index contributed by atoms with van der Waals surface area (Å²) in [4.78, 5) is 1.54. The van der Waals surface area contributed by atoms with Crippen LogP contribution in [0.2, 0.25) is 0 Å². The van der Waals surface area contributed by atoms with Crippen LogP contribution in [-0.4, -0.2) is 4.99 Å². The average Bonchev–Trinajstić information content (AvgIpc) is 2.96. The number of thiocarbonyl (C=S) groups is 1. The molecule has 23 heavy (non-hydrogen) atoms. The molecule has 0 bridgehead atoms. The highest BCUT2D eigenvalue weighted by Gasteiger charge is 2.21. The van der Waals surface area contributed by atoms with E-state index in [1.807, 2.05) is 43.3 Å². The van der Waals surface area contributed by atoms with Gasteiger partial charge in [0.15, 0.2) is 0 Å². The number of nitriles is 1. The van der Waals surface area contributed by atoms with Gasteiger partial charge in [-0.2, -0.15) is 5.26 Å². The zero-order valence-electron chi connectivity index (χ0n) is 12.8. The van der Waals surface area contributed by atoms with E-state index >= 15 is 0 Å². The van der Waals surface area contributed by atoms with E-state index in [-0.39, 0.29) is 0 Å². The van der Waals surface area contributed by atoms with E-state index in [2.05, 4.69) is 29.7 Å². The quantitative estimate of drug-likeness (QED) is 0.459. The van der Waals surface area contributed by atoms with Gasteiger partial charge in [-0.05, 0) is 43.2 Å². The SMILES string of the molecule is Cc1cccc(NC(=S)/C(C#N)=C2/Nc3ccccc3S2)c1C. The molecule has 0 aliphatic carbocycles. The van der Waals surface area contributed by atoms with Gasteiger partial charge >= 0.3 is 0 Å². The van der Waals surface area contributed by atoms with Gasteiger partial charge < -0.3 is 10.6 Å². The maximum absolute atomic E-state index is 9.55. The lowest BCUT2D eigenvalue weighted by molar-refractivity contribution is 1.34. The Kier molecular flexibility index (Phi) is 4.37. The Labute approximate surface area is 145 Å². The van der Waals surface area contributed by atoms with Crippen molar-refractivity contribution in [2.75, 3.05) is 10.6 Å². The number of para-hydroxylation sites is 1. The molecule has 0 saturated carbocycles. The van der Waals surface area contributed by atoms with Gasteiger partial charge in [-0.1, -0.05) is 48.2 Å². The lowest BCUT2D eigenvalue weighted by Crippen LogP contribution is -2.14. The van der Waals surface area contributed by atoms with Crippen LogP contribution in [0, 0.1) is 25.2 Å². The smallest absolute Gasteiger partial charge is 0.124 e. The van der Waals surface area contributed by atoms with Gasteiger partial charge in [0.05, 0.1) is 10.7 Å². The van der Waals surface area contributed by atoms with E-state index in [0.717, 1.165) is 26.9 Å². The zero-order valence-corrected chi connectivity index (χ0v) is 14.4. The van der Waals surface area contributed by atoms with Crippen molar-refractivity contribution in [2.45, 2.75) is 18.7 Å². The topological polar surface area (TPSA) is 47.9 Å². The number of hydrogen-bond donors (Lipinski definition) is 2. The molecule has 0 atom stereocenters. The van der Waals surface area contributed by atoms with Crippen LogP contribution >= 0.6 is 24.0 Å². The van der Waals surface area contributed by atoms with Gasteiger partial charge in [0.2, 0.25) is 0 Å². The Hall–Kier alpha value is -2.29. The van der Waals surface area contributed by atoms with Crippen molar-refractivity contribution >= 4 is 40.3 Å². The molecule has 2 aromatic rings. The number of hydrogen-bond acceptors (Lipinski definition) is 4. The summed E-state index contributed by atoms with van der Waals surface area (Å²) in [7, 11) is 0. The lowest BCUT2D eigenvalue weighted by atomic mass is 10.1. The predicted octanol–water partition coefficient (Wildman–Crippen LogP) is 5.00. The Morgan fingerprint density at radius 1 is 1.17 bits per heavy atom. The second-order valence-corrected chi connectivity index (χ2v) is 6.70. The summed E-state index contributed by atoms with van der Waals surface area (Å²) in [6.07, 6.45) is 0. The van der Waals surface area contributed by atoms with Gasteiger partial charge in [0, 0.05) is 10.6 Å². The Bertz CT molecular complexity index is 836. The Morgan fingerprint density at radius 3 is 2.70 bits per heavy atom. The molecule has 2 N–H and O–H groups in total. The maximum atomic E-state index is 9.55. The van der Waals surface area contributed by atoms with Crippen molar-refractivity contribution in [3.63, 3.8) is 0 Å². The summed E-state index contributed by atoms with van der Waals surface area (Å²) in [6.45, 7) is 4.09. The molecular formula is C18H15N3S2. The van der Waals surface area contributed by atoms with E-state index in [4.69, 9.17) is 12.2 Å². The monoisotopic (exact) mass is 337 g/mol. The first-order valence-electron chi connectivity index (χ1n) is 7.16. The summed E-state index contributed by atoms with van der Waals surface area (Å²) >= 11 is 7.00. The van der Waals surface area contributed by atoms with E-state index < -0.39 is 0 Å².